The molecule has 2 rings (SSSR count). The molecule has 0 aliphatic carbocycles. The lowest BCUT2D eigenvalue weighted by atomic mass is 10.1. The molecule has 0 amide bonds. The van der Waals surface area contributed by atoms with Crippen molar-refractivity contribution in [3.8, 4) is 0 Å². The molecule has 0 unspecified atom stereocenters. The summed E-state index contributed by atoms with van der Waals surface area (Å²) in [6, 6.07) is 0. The smallest absolute Gasteiger partial charge is 0.0573 e. The normalized spacial score (nSPS) is 20.9. The van der Waals surface area contributed by atoms with E-state index in [-0.39, 0.29) is 6.10 Å². The Labute approximate surface area is 121 Å². The summed E-state index contributed by atoms with van der Waals surface area (Å²) in [5.74, 6) is 0. The number of hydrogen-bond donors (Lipinski definition) is 1. The minimum absolute atomic E-state index is 0.120. The Morgan fingerprint density at radius 2 is 2.10 bits per heavy atom. The summed E-state index contributed by atoms with van der Waals surface area (Å²) in [5.41, 5.74) is 2.48. The van der Waals surface area contributed by atoms with Gasteiger partial charge in [-0.25, -0.2) is 0 Å². The molecule has 0 aromatic rings. The topological polar surface area (TPSA) is 26.7 Å². The summed E-state index contributed by atoms with van der Waals surface area (Å²) >= 11 is 0. The maximum atomic E-state index is 9.59. The Hall–Kier alpha value is -1.74. The van der Waals surface area contributed by atoms with Crippen LogP contribution in [0.5, 0.6) is 0 Å². The summed E-state index contributed by atoms with van der Waals surface area (Å²) in [6.45, 7) is 10.3. The minimum Gasteiger partial charge on any atom is -0.393 e. The molecule has 2 heterocycles. The second-order valence-electron chi connectivity index (χ2n) is 5.28. The lowest BCUT2D eigenvalue weighted by Gasteiger charge is -2.35. The van der Waals surface area contributed by atoms with E-state index in [1.54, 1.807) is 6.08 Å². The van der Waals surface area contributed by atoms with E-state index in [2.05, 4.69) is 41.4 Å². The molecular formula is C17H24N2O. The maximum Gasteiger partial charge on any atom is 0.0573 e. The molecule has 0 atom stereocenters. The maximum absolute atomic E-state index is 9.59. The van der Waals surface area contributed by atoms with Crippen LogP contribution in [-0.4, -0.2) is 40.6 Å². The third kappa shape index (κ3) is 3.87. The average molecular weight is 272 g/mol. The Morgan fingerprint density at radius 1 is 1.35 bits per heavy atom. The summed E-state index contributed by atoms with van der Waals surface area (Å²) < 4.78 is 0. The van der Waals surface area contributed by atoms with Crippen molar-refractivity contribution in [2.45, 2.75) is 25.4 Å². The number of allylic oxidation sites excluding steroid dienone is 3. The third-order valence-electron chi connectivity index (χ3n) is 3.77. The monoisotopic (exact) mass is 272 g/mol. The van der Waals surface area contributed by atoms with Gasteiger partial charge in [0.25, 0.3) is 0 Å². The van der Waals surface area contributed by atoms with Crippen molar-refractivity contribution in [3.05, 3.63) is 61.1 Å². The van der Waals surface area contributed by atoms with Gasteiger partial charge in [0.2, 0.25) is 0 Å². The van der Waals surface area contributed by atoms with Crippen molar-refractivity contribution in [3.63, 3.8) is 0 Å². The number of piperidine rings is 1. The summed E-state index contributed by atoms with van der Waals surface area (Å²) in [7, 11) is 0. The fourth-order valence-electron chi connectivity index (χ4n) is 2.61. The molecule has 0 aromatic carbocycles. The lowest BCUT2D eigenvalue weighted by Crippen LogP contribution is -2.36. The average Bonchev–Trinajstić information content (AvgIpc) is 2.48. The zero-order chi connectivity index (χ0) is 14.4. The molecule has 2 aliphatic rings. The lowest BCUT2D eigenvalue weighted by molar-refractivity contribution is 0.0953. The van der Waals surface area contributed by atoms with Crippen molar-refractivity contribution in [1.29, 1.82) is 0 Å². The first-order chi connectivity index (χ1) is 9.72. The number of likely N-dealkylation sites (tertiary alicyclic amines) is 1. The summed E-state index contributed by atoms with van der Waals surface area (Å²) in [6.07, 6.45) is 14.8. The molecule has 0 bridgehead atoms. The van der Waals surface area contributed by atoms with Crippen LogP contribution >= 0.6 is 0 Å². The minimum atomic E-state index is -0.120. The number of nitrogens with zero attached hydrogens (tertiary/aromatic N) is 2. The van der Waals surface area contributed by atoms with E-state index in [9.17, 15) is 5.11 Å². The first-order valence-electron chi connectivity index (χ1n) is 7.23. The summed E-state index contributed by atoms with van der Waals surface area (Å²) in [4.78, 5) is 4.56. The molecule has 1 N–H and O–H groups in total. The van der Waals surface area contributed by atoms with Crippen LogP contribution in [0.25, 0.3) is 0 Å². The third-order valence-corrected chi connectivity index (χ3v) is 3.77. The van der Waals surface area contributed by atoms with Crippen LogP contribution in [0.1, 0.15) is 19.3 Å². The zero-order valence-electron chi connectivity index (χ0n) is 12.0. The highest BCUT2D eigenvalue weighted by molar-refractivity contribution is 5.25. The van der Waals surface area contributed by atoms with Gasteiger partial charge in [0.15, 0.2) is 0 Å². The van der Waals surface area contributed by atoms with E-state index in [1.807, 2.05) is 12.2 Å². The van der Waals surface area contributed by atoms with Gasteiger partial charge in [-0.2, -0.15) is 0 Å². The number of hydrogen-bond acceptors (Lipinski definition) is 3. The van der Waals surface area contributed by atoms with Crippen molar-refractivity contribution in [1.82, 2.24) is 9.80 Å². The van der Waals surface area contributed by atoms with Crippen molar-refractivity contribution in [2.24, 2.45) is 0 Å². The van der Waals surface area contributed by atoms with Gasteiger partial charge in [-0.1, -0.05) is 37.5 Å². The van der Waals surface area contributed by atoms with Crippen LogP contribution in [-0.2, 0) is 0 Å². The van der Waals surface area contributed by atoms with E-state index >= 15 is 0 Å². The van der Waals surface area contributed by atoms with E-state index in [4.69, 9.17) is 0 Å². The van der Waals surface area contributed by atoms with Gasteiger partial charge in [-0.05, 0) is 18.4 Å². The van der Waals surface area contributed by atoms with Gasteiger partial charge >= 0.3 is 0 Å². The SMILES string of the molecule is C=C/C=C(\C=C)CN1C=CCC(N2CCC(O)CC2)=C1. The molecule has 0 aromatic heterocycles. The predicted octanol–water partition coefficient (Wildman–Crippen LogP) is 2.80. The fourth-order valence-corrected chi connectivity index (χ4v) is 2.61. The molecule has 3 heteroatoms. The van der Waals surface area contributed by atoms with Crippen LogP contribution in [0.2, 0.25) is 0 Å². The van der Waals surface area contributed by atoms with Crippen molar-refractivity contribution < 1.29 is 5.11 Å². The molecule has 1 saturated heterocycles. The highest BCUT2D eigenvalue weighted by atomic mass is 16.3. The van der Waals surface area contributed by atoms with Crippen LogP contribution in [0, 0.1) is 0 Å². The Kier molecular flexibility index (Phi) is 5.24. The van der Waals surface area contributed by atoms with E-state index in [0.717, 1.165) is 44.5 Å². The van der Waals surface area contributed by atoms with Crippen LogP contribution in [0.3, 0.4) is 0 Å². The molecule has 3 nitrogen and oxygen atoms in total. The second-order valence-corrected chi connectivity index (χ2v) is 5.28. The first-order valence-corrected chi connectivity index (χ1v) is 7.23. The van der Waals surface area contributed by atoms with Crippen molar-refractivity contribution in [2.75, 3.05) is 19.6 Å². The van der Waals surface area contributed by atoms with Gasteiger partial charge < -0.3 is 14.9 Å². The molecule has 0 saturated carbocycles. The number of aliphatic hydroxyl groups is 1. The second kappa shape index (κ2) is 7.15. The van der Waals surface area contributed by atoms with Gasteiger partial charge in [0, 0.05) is 44.2 Å². The van der Waals surface area contributed by atoms with Crippen LogP contribution < -0.4 is 0 Å². The van der Waals surface area contributed by atoms with E-state index in [0.29, 0.717) is 0 Å². The number of rotatable bonds is 5. The van der Waals surface area contributed by atoms with Gasteiger partial charge in [-0.3, -0.25) is 0 Å². The Morgan fingerprint density at radius 3 is 2.75 bits per heavy atom. The van der Waals surface area contributed by atoms with E-state index < -0.39 is 0 Å². The van der Waals surface area contributed by atoms with Crippen LogP contribution in [0.4, 0.5) is 0 Å². The predicted molar refractivity (Wildman–Crippen MR) is 83.8 cm³/mol. The Bertz CT molecular complexity index is 440. The van der Waals surface area contributed by atoms with Crippen molar-refractivity contribution >= 4 is 0 Å². The van der Waals surface area contributed by atoms with Gasteiger partial charge in [0.05, 0.1) is 6.10 Å². The standard InChI is InChI=1S/C17H24N2O/c1-3-6-15(4-2)13-18-10-5-7-16(14-18)19-11-8-17(20)9-12-19/h3-6,10,14,17,20H,1-2,7-9,11-13H2/b15-6+. The summed E-state index contributed by atoms with van der Waals surface area (Å²) in [5, 5.41) is 9.59. The highest BCUT2D eigenvalue weighted by Crippen LogP contribution is 2.22. The molecule has 0 spiro atoms. The van der Waals surface area contributed by atoms with Gasteiger partial charge in [-0.15, -0.1) is 0 Å². The quantitative estimate of drug-likeness (QED) is 0.780. The zero-order valence-corrected chi connectivity index (χ0v) is 12.0. The fraction of sp³-hybridized carbons (Fsp3) is 0.412. The first kappa shape index (κ1) is 14.7. The molecular weight excluding hydrogens is 248 g/mol. The highest BCUT2D eigenvalue weighted by Gasteiger charge is 2.19. The number of aliphatic hydroxyl groups excluding tert-OH is 1. The molecule has 108 valence electrons. The molecule has 2 aliphatic heterocycles. The van der Waals surface area contributed by atoms with E-state index in [1.165, 1.54) is 5.70 Å². The van der Waals surface area contributed by atoms with Gasteiger partial charge in [0.1, 0.15) is 0 Å². The molecule has 20 heavy (non-hydrogen) atoms. The Balaban J connectivity index is 1.99. The molecule has 1 fully saturated rings. The molecule has 0 radical (unpaired) electrons. The largest absolute Gasteiger partial charge is 0.393 e. The van der Waals surface area contributed by atoms with Crippen LogP contribution in [0.15, 0.2) is 61.1 Å².